The Morgan fingerprint density at radius 3 is 2.33 bits per heavy atom. The normalized spacial score (nSPS) is 13.3. The van der Waals surface area contributed by atoms with E-state index in [1.165, 1.54) is 0 Å². The lowest BCUT2D eigenvalue weighted by Gasteiger charge is -2.28. The zero-order valence-corrected chi connectivity index (χ0v) is 10.1. The SMILES string of the molecule is C=C(O)CC(C[N+](C)(C)C)OC(=O)CC. The highest BCUT2D eigenvalue weighted by Crippen LogP contribution is 2.09. The van der Waals surface area contributed by atoms with Gasteiger partial charge in [0.1, 0.15) is 6.54 Å². The maximum absolute atomic E-state index is 11.1. The molecule has 0 aromatic heterocycles. The average Bonchev–Trinajstić information content (AvgIpc) is 1.99. The summed E-state index contributed by atoms with van der Waals surface area (Å²) in [5, 5.41) is 9.11. The van der Waals surface area contributed by atoms with Crippen molar-refractivity contribution in [1.82, 2.24) is 0 Å². The highest BCUT2D eigenvalue weighted by atomic mass is 16.5. The van der Waals surface area contributed by atoms with Gasteiger partial charge in [0.05, 0.1) is 26.9 Å². The Bertz CT molecular complexity index is 230. The number of likely N-dealkylation sites (N-methyl/N-ethyl adjacent to an activating group) is 1. The van der Waals surface area contributed by atoms with Crippen molar-refractivity contribution in [2.45, 2.75) is 25.9 Å². The molecule has 0 aromatic rings. The van der Waals surface area contributed by atoms with Crippen LogP contribution in [0.3, 0.4) is 0 Å². The maximum atomic E-state index is 11.1. The Balaban J connectivity index is 4.31. The average molecular weight is 216 g/mol. The number of hydrogen-bond donors (Lipinski definition) is 1. The third kappa shape index (κ3) is 8.00. The molecule has 0 fully saturated rings. The van der Waals surface area contributed by atoms with Crippen molar-refractivity contribution in [3.63, 3.8) is 0 Å². The predicted octanol–water partition coefficient (Wildman–Crippen LogP) is 1.48. The molecule has 0 aliphatic carbocycles. The maximum Gasteiger partial charge on any atom is 0.306 e. The van der Waals surface area contributed by atoms with Crippen LogP contribution in [0.15, 0.2) is 12.3 Å². The molecule has 0 saturated heterocycles. The van der Waals surface area contributed by atoms with E-state index in [2.05, 4.69) is 6.58 Å². The number of esters is 1. The van der Waals surface area contributed by atoms with Gasteiger partial charge >= 0.3 is 5.97 Å². The number of ether oxygens (including phenoxy) is 1. The fraction of sp³-hybridized carbons (Fsp3) is 0.727. The molecule has 0 saturated carbocycles. The minimum atomic E-state index is -0.296. The topological polar surface area (TPSA) is 46.5 Å². The van der Waals surface area contributed by atoms with E-state index in [0.717, 1.165) is 0 Å². The van der Waals surface area contributed by atoms with Crippen LogP contribution >= 0.6 is 0 Å². The molecule has 4 nitrogen and oxygen atoms in total. The van der Waals surface area contributed by atoms with Crippen LogP contribution in [0.1, 0.15) is 19.8 Å². The Kier molecular flexibility index (Phi) is 5.36. The van der Waals surface area contributed by atoms with Crippen LogP contribution in [0.25, 0.3) is 0 Å². The second kappa shape index (κ2) is 5.75. The summed E-state index contributed by atoms with van der Waals surface area (Å²) in [5.74, 6) is -0.188. The second-order valence-corrected chi connectivity index (χ2v) is 4.71. The molecule has 0 radical (unpaired) electrons. The summed E-state index contributed by atoms with van der Waals surface area (Å²) in [6, 6.07) is 0. The molecule has 88 valence electrons. The summed E-state index contributed by atoms with van der Waals surface area (Å²) in [5.41, 5.74) is 0. The Morgan fingerprint density at radius 2 is 2.00 bits per heavy atom. The molecule has 4 heteroatoms. The van der Waals surface area contributed by atoms with Crippen molar-refractivity contribution in [2.75, 3.05) is 27.7 Å². The quantitative estimate of drug-likeness (QED) is 0.415. The molecule has 0 amide bonds. The van der Waals surface area contributed by atoms with E-state index in [1.807, 2.05) is 21.1 Å². The van der Waals surface area contributed by atoms with Crippen molar-refractivity contribution < 1.29 is 19.1 Å². The van der Waals surface area contributed by atoms with E-state index in [1.54, 1.807) is 6.92 Å². The molecule has 0 aliphatic rings. The van der Waals surface area contributed by atoms with Gasteiger partial charge in [-0.2, -0.15) is 0 Å². The van der Waals surface area contributed by atoms with E-state index in [-0.39, 0.29) is 17.8 Å². The molecule has 0 aromatic carbocycles. The van der Waals surface area contributed by atoms with Crippen LogP contribution in [-0.2, 0) is 9.53 Å². The van der Waals surface area contributed by atoms with Gasteiger partial charge in [-0.25, -0.2) is 0 Å². The van der Waals surface area contributed by atoms with Gasteiger partial charge in [0.2, 0.25) is 0 Å². The largest absolute Gasteiger partial charge is 0.513 e. The van der Waals surface area contributed by atoms with E-state index >= 15 is 0 Å². The van der Waals surface area contributed by atoms with Gasteiger partial charge in [0.15, 0.2) is 6.10 Å². The summed E-state index contributed by atoms with van der Waals surface area (Å²) in [7, 11) is 6.02. The van der Waals surface area contributed by atoms with Crippen LogP contribution in [0.4, 0.5) is 0 Å². The minimum Gasteiger partial charge on any atom is -0.513 e. The Morgan fingerprint density at radius 1 is 1.47 bits per heavy atom. The van der Waals surface area contributed by atoms with E-state index in [4.69, 9.17) is 9.84 Å². The van der Waals surface area contributed by atoms with Gasteiger partial charge in [-0.05, 0) is 0 Å². The summed E-state index contributed by atoms with van der Waals surface area (Å²) in [4.78, 5) is 11.1. The van der Waals surface area contributed by atoms with Crippen LogP contribution in [0, 0.1) is 0 Å². The lowest BCUT2D eigenvalue weighted by Crippen LogP contribution is -2.43. The van der Waals surface area contributed by atoms with Gasteiger partial charge in [0.25, 0.3) is 0 Å². The van der Waals surface area contributed by atoms with E-state index in [9.17, 15) is 4.79 Å². The summed E-state index contributed by atoms with van der Waals surface area (Å²) < 4.78 is 5.89. The first-order valence-electron chi connectivity index (χ1n) is 5.11. The van der Waals surface area contributed by atoms with Crippen LogP contribution < -0.4 is 0 Å². The van der Waals surface area contributed by atoms with E-state index in [0.29, 0.717) is 23.9 Å². The molecule has 15 heavy (non-hydrogen) atoms. The number of hydrogen-bond acceptors (Lipinski definition) is 3. The van der Waals surface area contributed by atoms with E-state index < -0.39 is 0 Å². The first-order chi connectivity index (χ1) is 6.74. The molecule has 0 bridgehead atoms. The molecular weight excluding hydrogens is 194 g/mol. The molecule has 1 atom stereocenters. The number of quaternary nitrogens is 1. The van der Waals surface area contributed by atoms with Gasteiger partial charge in [-0.15, -0.1) is 0 Å². The standard InChI is InChI=1S/C11H21NO3/c1-6-11(14)15-10(7-9(2)13)8-12(3,4)5/h10H,2,6-8H2,1,3-5H3/p+1. The van der Waals surface area contributed by atoms with Crippen molar-refractivity contribution in [1.29, 1.82) is 0 Å². The van der Waals surface area contributed by atoms with Gasteiger partial charge in [0, 0.05) is 12.8 Å². The number of aliphatic hydroxyl groups is 1. The predicted molar refractivity (Wildman–Crippen MR) is 59.5 cm³/mol. The Hall–Kier alpha value is -1.03. The van der Waals surface area contributed by atoms with Gasteiger partial charge < -0.3 is 14.3 Å². The molecule has 0 heterocycles. The fourth-order valence-electron chi connectivity index (χ4n) is 1.29. The lowest BCUT2D eigenvalue weighted by atomic mass is 10.2. The first kappa shape index (κ1) is 14.0. The lowest BCUT2D eigenvalue weighted by molar-refractivity contribution is -0.873. The highest BCUT2D eigenvalue weighted by Gasteiger charge is 2.22. The van der Waals surface area contributed by atoms with Crippen molar-refractivity contribution >= 4 is 5.97 Å². The summed E-state index contributed by atoms with van der Waals surface area (Å²) in [6.45, 7) is 5.82. The van der Waals surface area contributed by atoms with Crippen LogP contribution in [0.5, 0.6) is 0 Å². The monoisotopic (exact) mass is 216 g/mol. The van der Waals surface area contributed by atoms with Crippen molar-refractivity contribution in [3.8, 4) is 0 Å². The number of rotatable bonds is 6. The first-order valence-corrected chi connectivity index (χ1v) is 5.11. The summed E-state index contributed by atoms with van der Waals surface area (Å²) in [6.07, 6.45) is 0.363. The van der Waals surface area contributed by atoms with Gasteiger partial charge in [-0.1, -0.05) is 13.5 Å². The third-order valence-electron chi connectivity index (χ3n) is 1.80. The second-order valence-electron chi connectivity index (χ2n) is 4.71. The van der Waals surface area contributed by atoms with Crippen LogP contribution in [0.2, 0.25) is 0 Å². The minimum absolute atomic E-state index is 0.0531. The van der Waals surface area contributed by atoms with Crippen LogP contribution in [-0.4, -0.2) is 49.4 Å². The zero-order valence-electron chi connectivity index (χ0n) is 10.1. The number of aliphatic hydroxyl groups excluding tert-OH is 1. The number of carbonyl (C=O) groups is 1. The molecule has 1 N–H and O–H groups in total. The fourth-order valence-corrected chi connectivity index (χ4v) is 1.29. The van der Waals surface area contributed by atoms with Gasteiger partial charge in [-0.3, -0.25) is 4.79 Å². The molecular formula is C11H22NO3+. The molecule has 1 unspecified atom stereocenters. The highest BCUT2D eigenvalue weighted by molar-refractivity contribution is 5.69. The molecule has 0 aliphatic heterocycles. The summed E-state index contributed by atoms with van der Waals surface area (Å²) >= 11 is 0. The Labute approximate surface area is 91.7 Å². The number of nitrogens with zero attached hydrogens (tertiary/aromatic N) is 1. The smallest absolute Gasteiger partial charge is 0.306 e. The zero-order chi connectivity index (χ0) is 12.1. The number of carbonyl (C=O) groups excluding carboxylic acids is 1. The third-order valence-corrected chi connectivity index (χ3v) is 1.80. The molecule has 0 rings (SSSR count). The van der Waals surface area contributed by atoms with Crippen molar-refractivity contribution in [2.24, 2.45) is 0 Å². The molecule has 0 spiro atoms. The van der Waals surface area contributed by atoms with Crippen molar-refractivity contribution in [3.05, 3.63) is 12.3 Å².